The summed E-state index contributed by atoms with van der Waals surface area (Å²) in [5, 5.41) is 0. The Kier molecular flexibility index (Phi) is 3.52. The van der Waals surface area contributed by atoms with Crippen molar-refractivity contribution in [1.29, 1.82) is 0 Å². The summed E-state index contributed by atoms with van der Waals surface area (Å²) in [4.78, 5) is 12.2. The van der Waals surface area contributed by atoms with Gasteiger partial charge >= 0.3 is 0 Å². The van der Waals surface area contributed by atoms with E-state index < -0.39 is 0 Å². The Morgan fingerprint density at radius 2 is 2.05 bits per heavy atom. The molecular formula is C17H16O3. The molecule has 1 aliphatic heterocycles. The largest absolute Gasteiger partial charge is 0.484 e. The van der Waals surface area contributed by atoms with Gasteiger partial charge in [-0.2, -0.15) is 0 Å². The van der Waals surface area contributed by atoms with Gasteiger partial charge in [-0.1, -0.05) is 30.3 Å². The van der Waals surface area contributed by atoms with E-state index in [1.165, 1.54) is 0 Å². The molecule has 1 heterocycles. The van der Waals surface area contributed by atoms with Gasteiger partial charge < -0.3 is 9.47 Å². The second kappa shape index (κ2) is 5.47. The molecule has 3 heteroatoms. The van der Waals surface area contributed by atoms with Crippen molar-refractivity contribution in [2.24, 2.45) is 0 Å². The van der Waals surface area contributed by atoms with Crippen LogP contribution in [0.1, 0.15) is 34.0 Å². The number of hydrogen-bond donors (Lipinski definition) is 0. The summed E-state index contributed by atoms with van der Waals surface area (Å²) in [6.07, 6.45) is 0.169. The van der Waals surface area contributed by atoms with Crippen molar-refractivity contribution in [2.75, 3.05) is 7.11 Å². The second-order valence-corrected chi connectivity index (χ2v) is 4.91. The summed E-state index contributed by atoms with van der Waals surface area (Å²) >= 11 is 0. The van der Waals surface area contributed by atoms with Crippen molar-refractivity contribution in [1.82, 2.24) is 0 Å². The maximum atomic E-state index is 12.2. The zero-order valence-electron chi connectivity index (χ0n) is 11.3. The predicted molar refractivity (Wildman–Crippen MR) is 75.9 cm³/mol. The van der Waals surface area contributed by atoms with Gasteiger partial charge in [0, 0.05) is 7.11 Å². The van der Waals surface area contributed by atoms with Crippen LogP contribution in [0.3, 0.4) is 0 Å². The Morgan fingerprint density at radius 1 is 1.20 bits per heavy atom. The van der Waals surface area contributed by atoms with E-state index in [1.807, 2.05) is 48.5 Å². The lowest BCUT2D eigenvalue weighted by atomic mass is 9.95. The van der Waals surface area contributed by atoms with Crippen LogP contribution in [0.4, 0.5) is 0 Å². The monoisotopic (exact) mass is 268 g/mol. The summed E-state index contributed by atoms with van der Waals surface area (Å²) in [5.74, 6) is 0.805. The topological polar surface area (TPSA) is 35.5 Å². The number of carbonyl (C=O) groups excluding carboxylic acids is 1. The van der Waals surface area contributed by atoms with Crippen molar-refractivity contribution < 1.29 is 14.3 Å². The first-order valence-corrected chi connectivity index (χ1v) is 6.64. The second-order valence-electron chi connectivity index (χ2n) is 4.91. The summed E-state index contributed by atoms with van der Waals surface area (Å²) in [6, 6.07) is 15.4. The van der Waals surface area contributed by atoms with Crippen LogP contribution >= 0.6 is 0 Å². The molecule has 102 valence electrons. The minimum absolute atomic E-state index is 0.133. The third kappa shape index (κ3) is 2.45. The van der Waals surface area contributed by atoms with Crippen molar-refractivity contribution in [3.63, 3.8) is 0 Å². The Labute approximate surface area is 118 Å². The summed E-state index contributed by atoms with van der Waals surface area (Å²) < 4.78 is 11.1. The number of ketones is 1. The van der Waals surface area contributed by atoms with Gasteiger partial charge in [0.1, 0.15) is 11.9 Å². The van der Waals surface area contributed by atoms with Gasteiger partial charge in [0.25, 0.3) is 0 Å². The van der Waals surface area contributed by atoms with Crippen LogP contribution in [-0.2, 0) is 11.3 Å². The molecule has 0 saturated carbocycles. The van der Waals surface area contributed by atoms with Crippen molar-refractivity contribution >= 4 is 5.78 Å². The van der Waals surface area contributed by atoms with Crippen LogP contribution in [0.25, 0.3) is 0 Å². The molecule has 0 N–H and O–H groups in total. The van der Waals surface area contributed by atoms with Crippen LogP contribution in [0, 0.1) is 0 Å². The van der Waals surface area contributed by atoms with Gasteiger partial charge in [0.2, 0.25) is 0 Å². The highest BCUT2D eigenvalue weighted by Gasteiger charge is 2.27. The highest BCUT2D eigenvalue weighted by atomic mass is 16.5. The van der Waals surface area contributed by atoms with Crippen LogP contribution < -0.4 is 4.74 Å². The molecule has 1 aliphatic rings. The number of carbonyl (C=O) groups is 1. The average molecular weight is 268 g/mol. The molecule has 0 saturated heterocycles. The molecule has 1 unspecified atom stereocenters. The molecule has 1 atom stereocenters. The molecule has 0 bridgehead atoms. The summed E-state index contributed by atoms with van der Waals surface area (Å²) in [6.45, 7) is 0.561. The van der Waals surface area contributed by atoms with Crippen LogP contribution in [0.5, 0.6) is 5.75 Å². The molecule has 0 amide bonds. The number of para-hydroxylation sites is 1. The third-order valence-corrected chi connectivity index (χ3v) is 3.46. The van der Waals surface area contributed by atoms with E-state index >= 15 is 0 Å². The summed E-state index contributed by atoms with van der Waals surface area (Å²) in [7, 11) is 1.67. The summed E-state index contributed by atoms with van der Waals surface area (Å²) in [5.41, 5.74) is 2.78. The molecule has 3 nitrogen and oxygen atoms in total. The van der Waals surface area contributed by atoms with E-state index in [2.05, 4.69) is 0 Å². The Hall–Kier alpha value is -2.13. The molecule has 0 aromatic heterocycles. The fourth-order valence-corrected chi connectivity index (χ4v) is 2.51. The number of Topliss-reactive ketones (excluding diaryl/α,β-unsaturated/α-hetero) is 1. The fourth-order valence-electron chi connectivity index (χ4n) is 2.51. The average Bonchev–Trinajstić information content (AvgIpc) is 2.48. The Balaban J connectivity index is 1.89. The number of benzene rings is 2. The van der Waals surface area contributed by atoms with E-state index in [1.54, 1.807) is 7.11 Å². The van der Waals surface area contributed by atoms with E-state index in [-0.39, 0.29) is 11.9 Å². The number of ether oxygens (including phenoxy) is 2. The zero-order chi connectivity index (χ0) is 13.9. The minimum Gasteiger partial charge on any atom is -0.484 e. The number of rotatable bonds is 3. The molecule has 0 fully saturated rings. The van der Waals surface area contributed by atoms with Gasteiger partial charge in [-0.05, 0) is 29.3 Å². The first-order chi connectivity index (χ1) is 9.78. The van der Waals surface area contributed by atoms with Crippen molar-refractivity contribution in [3.8, 4) is 5.75 Å². The van der Waals surface area contributed by atoms with Crippen LogP contribution in [0.15, 0.2) is 48.5 Å². The fraction of sp³-hybridized carbons (Fsp3) is 0.235. The quantitative estimate of drug-likeness (QED) is 0.854. The van der Waals surface area contributed by atoms with Gasteiger partial charge in [-0.25, -0.2) is 0 Å². The SMILES string of the molecule is COCc1cccc(C2CC(=O)c3ccccc3O2)c1. The molecule has 2 aromatic rings. The van der Waals surface area contributed by atoms with Crippen LogP contribution in [-0.4, -0.2) is 12.9 Å². The van der Waals surface area contributed by atoms with Gasteiger partial charge in [-0.3, -0.25) is 4.79 Å². The molecule has 0 radical (unpaired) electrons. The van der Waals surface area contributed by atoms with Crippen molar-refractivity contribution in [3.05, 3.63) is 65.2 Å². The maximum absolute atomic E-state index is 12.2. The number of fused-ring (bicyclic) bond motifs is 1. The van der Waals surface area contributed by atoms with Gasteiger partial charge in [0.15, 0.2) is 5.78 Å². The van der Waals surface area contributed by atoms with Crippen molar-refractivity contribution in [2.45, 2.75) is 19.1 Å². The minimum atomic E-state index is -0.214. The predicted octanol–water partition coefficient (Wildman–Crippen LogP) is 3.54. The highest BCUT2D eigenvalue weighted by Crippen LogP contribution is 2.34. The Bertz CT molecular complexity index is 634. The first-order valence-electron chi connectivity index (χ1n) is 6.64. The zero-order valence-corrected chi connectivity index (χ0v) is 11.3. The molecule has 0 spiro atoms. The highest BCUT2D eigenvalue weighted by molar-refractivity contribution is 5.99. The standard InChI is InChI=1S/C17H16O3/c1-19-11-12-5-4-6-13(9-12)17-10-15(18)14-7-2-3-8-16(14)20-17/h2-9,17H,10-11H2,1H3. The Morgan fingerprint density at radius 3 is 2.90 bits per heavy atom. The third-order valence-electron chi connectivity index (χ3n) is 3.46. The lowest BCUT2D eigenvalue weighted by Crippen LogP contribution is -2.20. The maximum Gasteiger partial charge on any atom is 0.170 e. The smallest absolute Gasteiger partial charge is 0.170 e. The molecule has 3 rings (SSSR count). The molecule has 0 aliphatic carbocycles. The number of hydrogen-bond acceptors (Lipinski definition) is 3. The van der Waals surface area contributed by atoms with E-state index in [0.29, 0.717) is 24.3 Å². The normalized spacial score (nSPS) is 17.4. The lowest BCUT2D eigenvalue weighted by Gasteiger charge is -2.25. The van der Waals surface area contributed by atoms with Crippen LogP contribution in [0.2, 0.25) is 0 Å². The molecular weight excluding hydrogens is 252 g/mol. The molecule has 2 aromatic carbocycles. The molecule has 20 heavy (non-hydrogen) atoms. The van der Waals surface area contributed by atoms with Gasteiger partial charge in [-0.15, -0.1) is 0 Å². The number of methoxy groups -OCH3 is 1. The van der Waals surface area contributed by atoms with E-state index in [4.69, 9.17) is 9.47 Å². The first kappa shape index (κ1) is 12.9. The lowest BCUT2D eigenvalue weighted by molar-refractivity contribution is 0.0850. The van der Waals surface area contributed by atoms with Gasteiger partial charge in [0.05, 0.1) is 18.6 Å². The van der Waals surface area contributed by atoms with E-state index in [0.717, 1.165) is 11.1 Å². The van der Waals surface area contributed by atoms with E-state index in [9.17, 15) is 4.79 Å².